The summed E-state index contributed by atoms with van der Waals surface area (Å²) < 4.78 is 35.1. The zero-order valence-electron chi connectivity index (χ0n) is 12.9. The minimum Gasteiger partial charge on any atom is -0.462 e. The molecule has 0 bridgehead atoms. The third-order valence-electron chi connectivity index (χ3n) is 3.23. The molecule has 0 saturated heterocycles. The summed E-state index contributed by atoms with van der Waals surface area (Å²) in [5, 5.41) is 6.29. The molecular weight excluding hydrogens is 370 g/mol. The molecule has 0 fully saturated rings. The van der Waals surface area contributed by atoms with Crippen molar-refractivity contribution < 1.29 is 22.1 Å². The van der Waals surface area contributed by atoms with Gasteiger partial charge in [0.25, 0.3) is 0 Å². The van der Waals surface area contributed by atoms with E-state index >= 15 is 0 Å². The second-order valence-electron chi connectivity index (χ2n) is 4.82. The van der Waals surface area contributed by atoms with E-state index in [1.165, 1.54) is 18.3 Å². The maximum absolute atomic E-state index is 12.6. The van der Waals surface area contributed by atoms with E-state index in [2.05, 4.69) is 15.2 Å². The van der Waals surface area contributed by atoms with Crippen molar-refractivity contribution in [2.45, 2.75) is 11.9 Å². The molecule has 25 heavy (non-hydrogen) atoms. The van der Waals surface area contributed by atoms with E-state index in [0.29, 0.717) is 10.4 Å². The molecule has 8 nitrogen and oxygen atoms in total. The molecule has 0 aliphatic carbocycles. The lowest BCUT2D eigenvalue weighted by atomic mass is 10.2. The fraction of sp³-hybridized carbons (Fsp3) is 0.133. The van der Waals surface area contributed by atoms with Crippen LogP contribution < -0.4 is 4.18 Å². The fourth-order valence-corrected chi connectivity index (χ4v) is 3.40. The zero-order chi connectivity index (χ0) is 18.0. The van der Waals surface area contributed by atoms with E-state index in [1.807, 2.05) is 0 Å². The Kier molecular flexibility index (Phi) is 4.60. The van der Waals surface area contributed by atoms with Crippen LogP contribution >= 0.6 is 11.6 Å². The molecule has 0 radical (unpaired) electrons. The van der Waals surface area contributed by atoms with Crippen molar-refractivity contribution in [3.05, 3.63) is 47.2 Å². The second kappa shape index (κ2) is 6.69. The first kappa shape index (κ1) is 17.2. The first-order chi connectivity index (χ1) is 11.9. The Balaban J connectivity index is 2.03. The summed E-state index contributed by atoms with van der Waals surface area (Å²) in [4.78, 5) is 16.0. The number of fused-ring (bicyclic) bond motifs is 1. The Morgan fingerprint density at radius 3 is 2.88 bits per heavy atom. The van der Waals surface area contributed by atoms with Gasteiger partial charge in [-0.2, -0.15) is 13.5 Å². The monoisotopic (exact) mass is 381 g/mol. The summed E-state index contributed by atoms with van der Waals surface area (Å²) in [6, 6.07) is 6.23. The lowest BCUT2D eigenvalue weighted by Gasteiger charge is -2.09. The molecule has 10 heteroatoms. The number of carbonyl (C=O) groups is 1. The van der Waals surface area contributed by atoms with Gasteiger partial charge in [-0.15, -0.1) is 0 Å². The second-order valence-corrected chi connectivity index (χ2v) is 6.71. The Morgan fingerprint density at radius 1 is 1.32 bits per heavy atom. The van der Waals surface area contributed by atoms with Gasteiger partial charge in [0, 0.05) is 11.6 Å². The number of aromatic nitrogens is 3. The minimum absolute atomic E-state index is 0.0237. The Morgan fingerprint density at radius 2 is 2.12 bits per heavy atom. The molecule has 3 aromatic rings. The molecule has 1 aromatic carbocycles. The van der Waals surface area contributed by atoms with Gasteiger partial charge >= 0.3 is 16.1 Å². The quantitative estimate of drug-likeness (QED) is 0.534. The lowest BCUT2D eigenvalue weighted by molar-refractivity contribution is 0.0521. The number of nitrogens with zero attached hydrogens (tertiary/aromatic N) is 2. The van der Waals surface area contributed by atoms with Crippen LogP contribution in [-0.2, 0) is 14.9 Å². The molecule has 130 valence electrons. The van der Waals surface area contributed by atoms with Gasteiger partial charge < -0.3 is 8.92 Å². The third kappa shape index (κ3) is 3.28. The number of ether oxygens (including phenoxy) is 1. The average Bonchev–Trinajstić information content (AvgIpc) is 3.09. The van der Waals surface area contributed by atoms with Crippen molar-refractivity contribution in [2.75, 3.05) is 6.61 Å². The average molecular weight is 382 g/mol. The van der Waals surface area contributed by atoms with E-state index in [-0.39, 0.29) is 23.4 Å². The van der Waals surface area contributed by atoms with Crippen LogP contribution in [0.2, 0.25) is 5.02 Å². The summed E-state index contributed by atoms with van der Waals surface area (Å²) >= 11 is 6.08. The number of hydrogen-bond donors (Lipinski definition) is 1. The van der Waals surface area contributed by atoms with Crippen molar-refractivity contribution in [3.63, 3.8) is 0 Å². The topological polar surface area (TPSA) is 111 Å². The van der Waals surface area contributed by atoms with Crippen molar-refractivity contribution in [2.24, 2.45) is 0 Å². The number of aromatic amines is 1. The highest BCUT2D eigenvalue weighted by molar-refractivity contribution is 7.87. The fourth-order valence-electron chi connectivity index (χ4n) is 2.16. The summed E-state index contributed by atoms with van der Waals surface area (Å²) in [5.74, 6) is -0.845. The predicted molar refractivity (Wildman–Crippen MR) is 89.1 cm³/mol. The van der Waals surface area contributed by atoms with E-state index in [9.17, 15) is 13.2 Å². The number of benzene rings is 1. The van der Waals surface area contributed by atoms with E-state index in [4.69, 9.17) is 20.5 Å². The number of carbonyl (C=O) groups excluding carboxylic acids is 1. The number of hydrogen-bond acceptors (Lipinski definition) is 7. The molecule has 2 aromatic heterocycles. The van der Waals surface area contributed by atoms with Gasteiger partial charge in [-0.3, -0.25) is 10.1 Å². The Bertz CT molecular complexity index is 1050. The van der Waals surface area contributed by atoms with Crippen LogP contribution in [0.3, 0.4) is 0 Å². The highest BCUT2D eigenvalue weighted by Crippen LogP contribution is 2.31. The van der Waals surface area contributed by atoms with Crippen LogP contribution in [0.15, 0.2) is 41.7 Å². The molecule has 0 saturated carbocycles. The van der Waals surface area contributed by atoms with Gasteiger partial charge in [-0.05, 0) is 31.2 Å². The number of rotatable bonds is 5. The summed E-state index contributed by atoms with van der Waals surface area (Å²) in [5.41, 5.74) is 0.0313. The molecule has 1 N–H and O–H groups in total. The number of pyridine rings is 1. The predicted octanol–water partition coefficient (Wildman–Crippen LogP) is 2.56. The highest BCUT2D eigenvalue weighted by Gasteiger charge is 2.28. The molecule has 0 unspecified atom stereocenters. The number of H-pyrrole nitrogens is 1. The van der Waals surface area contributed by atoms with Crippen LogP contribution in [0.1, 0.15) is 17.3 Å². The van der Waals surface area contributed by atoms with Gasteiger partial charge in [-0.1, -0.05) is 11.6 Å². The van der Waals surface area contributed by atoms with Crippen molar-refractivity contribution >= 4 is 38.6 Å². The molecule has 2 heterocycles. The van der Waals surface area contributed by atoms with Gasteiger partial charge in [0.1, 0.15) is 11.1 Å². The van der Waals surface area contributed by atoms with E-state index < -0.39 is 21.1 Å². The number of halogens is 1. The van der Waals surface area contributed by atoms with Crippen LogP contribution in [0.4, 0.5) is 0 Å². The van der Waals surface area contributed by atoms with Crippen molar-refractivity contribution in [1.82, 2.24) is 15.2 Å². The van der Waals surface area contributed by atoms with Crippen LogP contribution in [0.25, 0.3) is 10.9 Å². The molecular formula is C15H12ClN3O5S. The number of esters is 1. The van der Waals surface area contributed by atoms with Gasteiger partial charge in [-0.25, -0.2) is 4.79 Å². The zero-order valence-corrected chi connectivity index (χ0v) is 14.5. The first-order valence-electron chi connectivity index (χ1n) is 7.12. The summed E-state index contributed by atoms with van der Waals surface area (Å²) in [6.07, 6.45) is 2.55. The smallest absolute Gasteiger partial charge is 0.357 e. The molecule has 0 amide bonds. The Labute approximate surface area is 147 Å². The molecule has 0 aliphatic heterocycles. The maximum atomic E-state index is 12.6. The normalized spacial score (nSPS) is 11.4. The van der Waals surface area contributed by atoms with E-state index in [1.54, 1.807) is 19.1 Å². The van der Waals surface area contributed by atoms with E-state index in [0.717, 1.165) is 6.20 Å². The first-order valence-corrected chi connectivity index (χ1v) is 8.91. The SMILES string of the molecule is CCOC(=O)c1cn[nH]c1S(=O)(=O)Oc1ccc(Cl)c2cccnc12. The molecule has 0 aliphatic rings. The van der Waals surface area contributed by atoms with Crippen LogP contribution in [-0.4, -0.2) is 36.2 Å². The van der Waals surface area contributed by atoms with Crippen LogP contribution in [0.5, 0.6) is 5.75 Å². The highest BCUT2D eigenvalue weighted by atomic mass is 35.5. The van der Waals surface area contributed by atoms with Crippen molar-refractivity contribution in [3.8, 4) is 5.75 Å². The minimum atomic E-state index is -4.37. The van der Waals surface area contributed by atoms with Gasteiger partial charge in [0.2, 0.25) is 5.03 Å². The van der Waals surface area contributed by atoms with Gasteiger partial charge in [0.15, 0.2) is 5.75 Å². The standard InChI is InChI=1S/C15H12ClN3O5S/c1-2-23-15(20)10-8-18-19-14(10)25(21,22)24-12-6-5-11(16)9-4-3-7-17-13(9)12/h3-8H,2H2,1H3,(H,18,19). The third-order valence-corrected chi connectivity index (χ3v) is 4.77. The molecule has 0 atom stereocenters. The number of nitrogens with one attached hydrogen (secondary N) is 1. The molecule has 0 spiro atoms. The summed E-state index contributed by atoms with van der Waals surface area (Å²) in [6.45, 7) is 1.70. The Hall–Kier alpha value is -2.65. The van der Waals surface area contributed by atoms with Crippen LogP contribution in [0, 0.1) is 0 Å². The van der Waals surface area contributed by atoms with Crippen molar-refractivity contribution in [1.29, 1.82) is 0 Å². The molecule has 3 rings (SSSR count). The van der Waals surface area contributed by atoms with Gasteiger partial charge in [0.05, 0.1) is 17.8 Å². The maximum Gasteiger partial charge on any atom is 0.357 e. The lowest BCUT2D eigenvalue weighted by Crippen LogP contribution is -2.16. The summed E-state index contributed by atoms with van der Waals surface area (Å²) in [7, 11) is -4.37. The largest absolute Gasteiger partial charge is 0.462 e.